The van der Waals surface area contributed by atoms with E-state index in [1.807, 2.05) is 31.2 Å². The molecular weight excluding hydrogens is 152 g/mol. The second-order valence-corrected chi connectivity index (χ2v) is 3.07. The summed E-state index contributed by atoms with van der Waals surface area (Å²) < 4.78 is 5.14. The molecule has 2 atom stereocenters. The van der Waals surface area contributed by atoms with E-state index < -0.39 is 0 Å². The fourth-order valence-corrected chi connectivity index (χ4v) is 1.34. The molecular formula is C10H10O2. The van der Waals surface area contributed by atoms with Gasteiger partial charge < -0.3 is 9.53 Å². The maximum Gasteiger partial charge on any atom is 0.151 e. The number of benzene rings is 1. The molecule has 2 nitrogen and oxygen atoms in total. The Morgan fingerprint density at radius 1 is 1.50 bits per heavy atom. The quantitative estimate of drug-likeness (QED) is 0.488. The van der Waals surface area contributed by atoms with Crippen molar-refractivity contribution in [3.8, 4) is 0 Å². The topological polar surface area (TPSA) is 29.6 Å². The molecule has 0 radical (unpaired) electrons. The first kappa shape index (κ1) is 7.50. The smallest absolute Gasteiger partial charge is 0.151 e. The number of hydrogen-bond donors (Lipinski definition) is 0. The molecule has 0 unspecified atom stereocenters. The predicted molar refractivity (Wildman–Crippen MR) is 44.9 cm³/mol. The minimum absolute atomic E-state index is 0.0161. The maximum atomic E-state index is 10.3. The molecule has 1 aliphatic heterocycles. The van der Waals surface area contributed by atoms with Crippen LogP contribution in [0.2, 0.25) is 0 Å². The minimum atomic E-state index is -0.202. The van der Waals surface area contributed by atoms with Crippen molar-refractivity contribution in [1.82, 2.24) is 0 Å². The molecule has 0 aromatic heterocycles. The average Bonchev–Trinajstić information content (AvgIpc) is 2.83. The summed E-state index contributed by atoms with van der Waals surface area (Å²) in [6.07, 6.45) is 0.668. The fourth-order valence-electron chi connectivity index (χ4n) is 1.34. The van der Waals surface area contributed by atoms with Crippen LogP contribution < -0.4 is 0 Å². The molecule has 0 bridgehead atoms. The Morgan fingerprint density at radius 2 is 2.33 bits per heavy atom. The number of ether oxygens (including phenoxy) is 1. The molecule has 62 valence electrons. The zero-order chi connectivity index (χ0) is 8.55. The SMILES string of the molecule is Cc1cccc([C@H]2O[C@@H]2C=O)c1. The fraction of sp³-hybridized carbons (Fsp3) is 0.300. The number of rotatable bonds is 2. The Kier molecular flexibility index (Phi) is 1.70. The molecule has 1 heterocycles. The molecule has 12 heavy (non-hydrogen) atoms. The molecule has 1 fully saturated rings. The Bertz CT molecular complexity index is 306. The van der Waals surface area contributed by atoms with E-state index in [9.17, 15) is 4.79 Å². The van der Waals surface area contributed by atoms with Crippen molar-refractivity contribution in [3.05, 3.63) is 35.4 Å². The van der Waals surface area contributed by atoms with Crippen molar-refractivity contribution in [2.45, 2.75) is 19.1 Å². The van der Waals surface area contributed by atoms with Crippen LogP contribution in [-0.2, 0) is 9.53 Å². The van der Waals surface area contributed by atoms with Gasteiger partial charge in [-0.15, -0.1) is 0 Å². The van der Waals surface area contributed by atoms with Gasteiger partial charge in [-0.1, -0.05) is 29.8 Å². The van der Waals surface area contributed by atoms with Gasteiger partial charge in [-0.25, -0.2) is 0 Å². The van der Waals surface area contributed by atoms with Crippen LogP contribution in [0.5, 0.6) is 0 Å². The summed E-state index contributed by atoms with van der Waals surface area (Å²) in [7, 11) is 0. The van der Waals surface area contributed by atoms with Gasteiger partial charge in [0.25, 0.3) is 0 Å². The number of carbonyl (C=O) groups is 1. The third-order valence-corrected chi connectivity index (χ3v) is 2.03. The second kappa shape index (κ2) is 2.72. The highest BCUT2D eigenvalue weighted by Crippen LogP contribution is 2.37. The normalized spacial score (nSPS) is 26.8. The van der Waals surface area contributed by atoms with E-state index in [-0.39, 0.29) is 12.2 Å². The summed E-state index contributed by atoms with van der Waals surface area (Å²) >= 11 is 0. The lowest BCUT2D eigenvalue weighted by Gasteiger charge is -1.95. The number of epoxide rings is 1. The highest BCUT2D eigenvalue weighted by atomic mass is 16.6. The van der Waals surface area contributed by atoms with Crippen molar-refractivity contribution in [2.24, 2.45) is 0 Å². The van der Waals surface area contributed by atoms with Crippen LogP contribution in [0.3, 0.4) is 0 Å². The molecule has 0 spiro atoms. The van der Waals surface area contributed by atoms with Gasteiger partial charge in [-0.05, 0) is 12.5 Å². The molecule has 1 aliphatic rings. The van der Waals surface area contributed by atoms with Crippen LogP contribution in [0, 0.1) is 6.92 Å². The zero-order valence-corrected chi connectivity index (χ0v) is 6.86. The zero-order valence-electron chi connectivity index (χ0n) is 6.86. The summed E-state index contributed by atoms with van der Waals surface area (Å²) in [6.45, 7) is 2.03. The molecule has 0 N–H and O–H groups in total. The van der Waals surface area contributed by atoms with E-state index in [0.717, 1.165) is 11.8 Å². The summed E-state index contributed by atoms with van der Waals surface area (Å²) in [4.78, 5) is 10.3. The third kappa shape index (κ3) is 1.25. The first-order valence-electron chi connectivity index (χ1n) is 3.98. The first-order chi connectivity index (χ1) is 5.81. The van der Waals surface area contributed by atoms with E-state index in [4.69, 9.17) is 4.74 Å². The molecule has 1 saturated heterocycles. The van der Waals surface area contributed by atoms with Gasteiger partial charge in [0.2, 0.25) is 0 Å². The number of aldehydes is 1. The first-order valence-corrected chi connectivity index (χ1v) is 3.98. The van der Waals surface area contributed by atoms with Crippen molar-refractivity contribution in [2.75, 3.05) is 0 Å². The van der Waals surface area contributed by atoms with Gasteiger partial charge in [-0.3, -0.25) is 0 Å². The number of aryl methyl sites for hydroxylation is 1. The summed E-state index contributed by atoms with van der Waals surface area (Å²) in [5, 5.41) is 0. The molecule has 2 rings (SSSR count). The Hall–Kier alpha value is -1.15. The molecule has 1 aromatic carbocycles. The van der Waals surface area contributed by atoms with Crippen LogP contribution in [0.4, 0.5) is 0 Å². The number of carbonyl (C=O) groups excluding carboxylic acids is 1. The lowest BCUT2D eigenvalue weighted by molar-refractivity contribution is -0.108. The Balaban J connectivity index is 2.19. The summed E-state index contributed by atoms with van der Waals surface area (Å²) in [5.41, 5.74) is 2.31. The van der Waals surface area contributed by atoms with Gasteiger partial charge in [0.15, 0.2) is 6.29 Å². The molecule has 1 aromatic rings. The van der Waals surface area contributed by atoms with Crippen molar-refractivity contribution < 1.29 is 9.53 Å². The van der Waals surface area contributed by atoms with Crippen molar-refractivity contribution in [3.63, 3.8) is 0 Å². The van der Waals surface area contributed by atoms with Gasteiger partial charge in [0.05, 0.1) is 0 Å². The monoisotopic (exact) mass is 162 g/mol. The van der Waals surface area contributed by atoms with E-state index in [2.05, 4.69) is 0 Å². The van der Waals surface area contributed by atoms with E-state index in [1.54, 1.807) is 0 Å². The molecule has 0 saturated carbocycles. The van der Waals surface area contributed by atoms with Crippen LogP contribution >= 0.6 is 0 Å². The van der Waals surface area contributed by atoms with E-state index >= 15 is 0 Å². The predicted octanol–water partition coefficient (Wildman–Crippen LogP) is 1.63. The van der Waals surface area contributed by atoms with Crippen LogP contribution in [0.1, 0.15) is 17.2 Å². The third-order valence-electron chi connectivity index (χ3n) is 2.03. The second-order valence-electron chi connectivity index (χ2n) is 3.07. The molecule has 2 heteroatoms. The Labute approximate surface area is 71.2 Å². The lowest BCUT2D eigenvalue weighted by atomic mass is 10.1. The molecule has 0 aliphatic carbocycles. The van der Waals surface area contributed by atoms with Gasteiger partial charge >= 0.3 is 0 Å². The lowest BCUT2D eigenvalue weighted by Crippen LogP contribution is -1.89. The standard InChI is InChI=1S/C10H10O2/c1-7-3-2-4-8(5-7)10-9(6-11)12-10/h2-6,9-10H,1H3/t9-,10-/m1/s1. The van der Waals surface area contributed by atoms with Crippen LogP contribution in [0.15, 0.2) is 24.3 Å². The Morgan fingerprint density at radius 3 is 2.92 bits per heavy atom. The highest BCUT2D eigenvalue weighted by molar-refractivity contribution is 5.61. The largest absolute Gasteiger partial charge is 0.357 e. The van der Waals surface area contributed by atoms with E-state index in [1.165, 1.54) is 5.56 Å². The number of hydrogen-bond acceptors (Lipinski definition) is 2. The summed E-state index contributed by atoms with van der Waals surface area (Å²) in [5.74, 6) is 0. The van der Waals surface area contributed by atoms with Crippen LogP contribution in [0.25, 0.3) is 0 Å². The van der Waals surface area contributed by atoms with Crippen LogP contribution in [-0.4, -0.2) is 12.4 Å². The highest BCUT2D eigenvalue weighted by Gasteiger charge is 2.39. The van der Waals surface area contributed by atoms with Crippen molar-refractivity contribution >= 4 is 6.29 Å². The average molecular weight is 162 g/mol. The van der Waals surface area contributed by atoms with Gasteiger partial charge in [-0.2, -0.15) is 0 Å². The minimum Gasteiger partial charge on any atom is -0.357 e. The van der Waals surface area contributed by atoms with E-state index in [0.29, 0.717) is 0 Å². The summed E-state index contributed by atoms with van der Waals surface area (Å²) in [6, 6.07) is 8.05. The maximum absolute atomic E-state index is 10.3. The van der Waals surface area contributed by atoms with Crippen molar-refractivity contribution in [1.29, 1.82) is 0 Å². The molecule has 0 amide bonds. The van der Waals surface area contributed by atoms with Gasteiger partial charge in [0.1, 0.15) is 12.2 Å². The van der Waals surface area contributed by atoms with Gasteiger partial charge in [0, 0.05) is 0 Å².